The minimum absolute atomic E-state index is 0.0580. The second kappa shape index (κ2) is 6.74. The van der Waals surface area contributed by atoms with E-state index in [0.29, 0.717) is 11.9 Å². The minimum atomic E-state index is 0.0580. The molecule has 3 atom stereocenters. The van der Waals surface area contributed by atoms with E-state index in [0.717, 1.165) is 25.2 Å². The van der Waals surface area contributed by atoms with Gasteiger partial charge in [-0.15, -0.1) is 0 Å². The first-order valence-corrected chi connectivity index (χ1v) is 8.27. The van der Waals surface area contributed by atoms with Gasteiger partial charge < -0.3 is 4.90 Å². The smallest absolute Gasteiger partial charge is 0.241 e. The first kappa shape index (κ1) is 14.8. The van der Waals surface area contributed by atoms with Crippen molar-refractivity contribution in [3.8, 4) is 0 Å². The predicted molar refractivity (Wildman–Crippen MR) is 78.8 cm³/mol. The Labute approximate surface area is 118 Å². The third-order valence-corrected chi connectivity index (χ3v) is 5.02. The molecular weight excluding hydrogens is 236 g/mol. The van der Waals surface area contributed by atoms with Crippen molar-refractivity contribution in [3.05, 3.63) is 0 Å². The Morgan fingerprint density at radius 1 is 1.26 bits per heavy atom. The van der Waals surface area contributed by atoms with Gasteiger partial charge in [-0.05, 0) is 38.5 Å². The van der Waals surface area contributed by atoms with Gasteiger partial charge in [0.15, 0.2) is 0 Å². The maximum atomic E-state index is 12.6. The van der Waals surface area contributed by atoms with Crippen molar-refractivity contribution in [2.45, 2.75) is 90.4 Å². The molecule has 0 aromatic carbocycles. The van der Waals surface area contributed by atoms with E-state index in [9.17, 15) is 4.79 Å². The van der Waals surface area contributed by atoms with Crippen LogP contribution >= 0.6 is 0 Å². The van der Waals surface area contributed by atoms with Crippen LogP contribution in [0.3, 0.4) is 0 Å². The third-order valence-electron chi connectivity index (χ3n) is 5.02. The van der Waals surface area contributed by atoms with Crippen molar-refractivity contribution in [1.82, 2.24) is 10.2 Å². The van der Waals surface area contributed by atoms with E-state index in [1.54, 1.807) is 0 Å². The summed E-state index contributed by atoms with van der Waals surface area (Å²) in [5.41, 5.74) is 0. The highest BCUT2D eigenvalue weighted by Crippen LogP contribution is 2.32. The summed E-state index contributed by atoms with van der Waals surface area (Å²) in [5, 5.41) is 3.54. The van der Waals surface area contributed by atoms with Gasteiger partial charge in [0.2, 0.25) is 5.91 Å². The summed E-state index contributed by atoms with van der Waals surface area (Å²) in [7, 11) is 0. The van der Waals surface area contributed by atoms with Crippen LogP contribution in [0.25, 0.3) is 0 Å². The lowest BCUT2D eigenvalue weighted by Crippen LogP contribution is -2.47. The topological polar surface area (TPSA) is 32.3 Å². The Balaban J connectivity index is 2.07. The van der Waals surface area contributed by atoms with E-state index in [1.165, 1.54) is 32.1 Å². The van der Waals surface area contributed by atoms with Crippen LogP contribution in [0.1, 0.15) is 72.1 Å². The standard InChI is InChI=1S/C16H30N2O/c1-4-9-15-17-14(5-2)16(19)18(15)12(3)13-10-7-6-8-11-13/h12-15,17H,4-11H2,1-3H3. The molecule has 110 valence electrons. The highest BCUT2D eigenvalue weighted by Gasteiger charge is 2.41. The fraction of sp³-hybridized carbons (Fsp3) is 0.938. The number of amides is 1. The van der Waals surface area contributed by atoms with Crippen LogP contribution in [0.2, 0.25) is 0 Å². The summed E-state index contributed by atoms with van der Waals surface area (Å²) in [6, 6.07) is 0.469. The summed E-state index contributed by atoms with van der Waals surface area (Å²) >= 11 is 0. The molecule has 2 fully saturated rings. The number of rotatable bonds is 5. The molecule has 3 nitrogen and oxygen atoms in total. The van der Waals surface area contributed by atoms with Gasteiger partial charge in [0, 0.05) is 6.04 Å². The molecule has 1 saturated carbocycles. The van der Waals surface area contributed by atoms with E-state index in [2.05, 4.69) is 31.0 Å². The van der Waals surface area contributed by atoms with Crippen molar-refractivity contribution < 1.29 is 4.79 Å². The number of hydrogen-bond acceptors (Lipinski definition) is 2. The Morgan fingerprint density at radius 3 is 2.53 bits per heavy atom. The van der Waals surface area contributed by atoms with E-state index < -0.39 is 0 Å². The molecule has 19 heavy (non-hydrogen) atoms. The zero-order chi connectivity index (χ0) is 13.8. The maximum absolute atomic E-state index is 12.6. The molecule has 0 aromatic heterocycles. The van der Waals surface area contributed by atoms with Crippen LogP contribution < -0.4 is 5.32 Å². The van der Waals surface area contributed by atoms with Crippen molar-refractivity contribution in [2.24, 2.45) is 5.92 Å². The average Bonchev–Trinajstić information content (AvgIpc) is 2.75. The molecular formula is C16H30N2O. The van der Waals surface area contributed by atoms with Gasteiger partial charge >= 0.3 is 0 Å². The lowest BCUT2D eigenvalue weighted by atomic mass is 9.83. The van der Waals surface area contributed by atoms with Crippen molar-refractivity contribution in [3.63, 3.8) is 0 Å². The van der Waals surface area contributed by atoms with Gasteiger partial charge in [-0.3, -0.25) is 10.1 Å². The second-order valence-corrected chi connectivity index (χ2v) is 6.32. The van der Waals surface area contributed by atoms with Crippen molar-refractivity contribution in [1.29, 1.82) is 0 Å². The predicted octanol–water partition coefficient (Wildman–Crippen LogP) is 3.29. The molecule has 3 heteroatoms. The molecule has 3 unspecified atom stereocenters. The minimum Gasteiger partial charge on any atom is -0.323 e. The van der Waals surface area contributed by atoms with Crippen molar-refractivity contribution >= 4 is 5.91 Å². The number of nitrogens with one attached hydrogen (secondary N) is 1. The Bertz CT molecular complexity index is 299. The maximum Gasteiger partial charge on any atom is 0.241 e. The molecule has 2 aliphatic rings. The normalized spacial score (nSPS) is 30.9. The largest absolute Gasteiger partial charge is 0.323 e. The van der Waals surface area contributed by atoms with Gasteiger partial charge in [0.25, 0.3) is 0 Å². The SMILES string of the molecule is CCCC1NC(CC)C(=O)N1C(C)C1CCCCC1. The van der Waals surface area contributed by atoms with E-state index in [4.69, 9.17) is 0 Å². The zero-order valence-electron chi connectivity index (χ0n) is 12.8. The molecule has 1 amide bonds. The third kappa shape index (κ3) is 3.13. The number of carbonyl (C=O) groups is 1. The number of hydrogen-bond donors (Lipinski definition) is 1. The molecule has 1 aliphatic heterocycles. The van der Waals surface area contributed by atoms with Crippen LogP contribution in [-0.2, 0) is 4.79 Å². The molecule has 1 aliphatic carbocycles. The first-order valence-electron chi connectivity index (χ1n) is 8.27. The summed E-state index contributed by atoms with van der Waals surface area (Å²) in [6.07, 6.45) is 10.1. The van der Waals surface area contributed by atoms with Gasteiger partial charge in [0.05, 0.1) is 12.2 Å². The Hall–Kier alpha value is -0.570. The highest BCUT2D eigenvalue weighted by atomic mass is 16.2. The molecule has 0 bridgehead atoms. The molecule has 2 rings (SSSR count). The number of nitrogens with zero attached hydrogens (tertiary/aromatic N) is 1. The molecule has 1 saturated heterocycles. The molecule has 1 heterocycles. The van der Waals surface area contributed by atoms with Gasteiger partial charge in [-0.2, -0.15) is 0 Å². The summed E-state index contributed by atoms with van der Waals surface area (Å²) in [6.45, 7) is 6.58. The molecule has 0 aromatic rings. The summed E-state index contributed by atoms with van der Waals surface area (Å²) in [5.74, 6) is 1.06. The van der Waals surface area contributed by atoms with Gasteiger partial charge in [-0.25, -0.2) is 0 Å². The van der Waals surface area contributed by atoms with Crippen LogP contribution in [0.4, 0.5) is 0 Å². The van der Waals surface area contributed by atoms with E-state index in [-0.39, 0.29) is 12.2 Å². The Morgan fingerprint density at radius 2 is 1.95 bits per heavy atom. The van der Waals surface area contributed by atoms with Crippen LogP contribution in [0.5, 0.6) is 0 Å². The van der Waals surface area contributed by atoms with Crippen LogP contribution in [0, 0.1) is 5.92 Å². The number of carbonyl (C=O) groups excluding carboxylic acids is 1. The average molecular weight is 266 g/mol. The van der Waals surface area contributed by atoms with E-state index in [1.807, 2.05) is 0 Å². The van der Waals surface area contributed by atoms with Crippen molar-refractivity contribution in [2.75, 3.05) is 0 Å². The zero-order valence-corrected chi connectivity index (χ0v) is 12.8. The van der Waals surface area contributed by atoms with Gasteiger partial charge in [-0.1, -0.05) is 39.5 Å². The Kier molecular flexibility index (Phi) is 5.26. The summed E-state index contributed by atoms with van der Waals surface area (Å²) in [4.78, 5) is 14.8. The lowest BCUT2D eigenvalue weighted by molar-refractivity contribution is -0.133. The second-order valence-electron chi connectivity index (χ2n) is 6.32. The fourth-order valence-electron chi connectivity index (χ4n) is 3.83. The van der Waals surface area contributed by atoms with Gasteiger partial charge in [0.1, 0.15) is 0 Å². The molecule has 0 spiro atoms. The van der Waals surface area contributed by atoms with Crippen LogP contribution in [0.15, 0.2) is 0 Å². The monoisotopic (exact) mass is 266 g/mol. The van der Waals surface area contributed by atoms with Crippen LogP contribution in [-0.4, -0.2) is 29.1 Å². The fourth-order valence-corrected chi connectivity index (χ4v) is 3.83. The quantitative estimate of drug-likeness (QED) is 0.828. The highest BCUT2D eigenvalue weighted by molar-refractivity contribution is 5.84. The molecule has 1 N–H and O–H groups in total. The molecule has 0 radical (unpaired) electrons. The van der Waals surface area contributed by atoms with E-state index >= 15 is 0 Å². The first-order chi connectivity index (χ1) is 9.19. The summed E-state index contributed by atoms with van der Waals surface area (Å²) < 4.78 is 0. The lowest BCUT2D eigenvalue weighted by Gasteiger charge is -2.37.